The summed E-state index contributed by atoms with van der Waals surface area (Å²) < 4.78 is 15.8. The van der Waals surface area contributed by atoms with Crippen molar-refractivity contribution in [3.8, 4) is 6.07 Å². The quantitative estimate of drug-likeness (QED) is 0.588. The van der Waals surface area contributed by atoms with Gasteiger partial charge in [0, 0.05) is 26.7 Å². The summed E-state index contributed by atoms with van der Waals surface area (Å²) in [6.07, 6.45) is 2.53. The van der Waals surface area contributed by atoms with Gasteiger partial charge in [0.2, 0.25) is 0 Å². The lowest BCUT2D eigenvalue weighted by molar-refractivity contribution is 0.0665. The van der Waals surface area contributed by atoms with Gasteiger partial charge >= 0.3 is 6.09 Å². The molecule has 2 heterocycles. The first-order valence-electron chi connectivity index (χ1n) is 10.1. The van der Waals surface area contributed by atoms with Crippen molar-refractivity contribution in [2.24, 2.45) is 5.92 Å². The normalized spacial score (nSPS) is 14.3. The second-order valence-corrected chi connectivity index (χ2v) is 8.33. The number of aryl methyl sites for hydroxylation is 1. The lowest BCUT2D eigenvalue weighted by Crippen LogP contribution is -2.31. The first-order valence-corrected chi connectivity index (χ1v) is 10.9. The van der Waals surface area contributed by atoms with Gasteiger partial charge in [0.1, 0.15) is 11.6 Å². The van der Waals surface area contributed by atoms with Gasteiger partial charge in [-0.1, -0.05) is 12.1 Å². The van der Waals surface area contributed by atoms with Gasteiger partial charge in [-0.2, -0.15) is 5.26 Å². The second-order valence-electron chi connectivity index (χ2n) is 7.26. The number of ether oxygens (including phenoxy) is 3. The molecule has 1 fully saturated rings. The van der Waals surface area contributed by atoms with E-state index in [4.69, 9.17) is 19.2 Å². The van der Waals surface area contributed by atoms with Gasteiger partial charge in [-0.15, -0.1) is 11.3 Å². The van der Waals surface area contributed by atoms with Gasteiger partial charge in [-0.05, 0) is 43.4 Å². The van der Waals surface area contributed by atoms with Crippen LogP contribution in [0.1, 0.15) is 34.7 Å². The van der Waals surface area contributed by atoms with E-state index in [9.17, 15) is 10.1 Å². The van der Waals surface area contributed by atoms with Crippen molar-refractivity contribution in [1.82, 2.24) is 4.98 Å². The van der Waals surface area contributed by atoms with E-state index in [1.54, 1.807) is 24.1 Å². The summed E-state index contributed by atoms with van der Waals surface area (Å²) in [6.45, 7) is 4.34. The molecule has 0 bridgehead atoms. The molecule has 0 N–H and O–H groups in total. The fraction of sp³-hybridized carbons (Fsp3) is 0.500. The number of aromatic nitrogens is 1. The van der Waals surface area contributed by atoms with Crippen LogP contribution in [0.15, 0.2) is 24.3 Å². The van der Waals surface area contributed by atoms with E-state index in [1.807, 2.05) is 19.1 Å². The number of nitrogens with zero attached hydrogens (tertiary/aromatic N) is 3. The molecule has 160 valence electrons. The van der Waals surface area contributed by atoms with E-state index < -0.39 is 6.09 Å². The summed E-state index contributed by atoms with van der Waals surface area (Å²) in [5, 5.41) is 11.0. The second kappa shape index (κ2) is 11.1. The SMILES string of the molecule is COCCOC(=O)N(Cc1cccc(C#N)c1)c1sc(CC2CCOCC2)nc1C. The van der Waals surface area contributed by atoms with Crippen molar-refractivity contribution < 1.29 is 19.0 Å². The van der Waals surface area contributed by atoms with Crippen LogP contribution >= 0.6 is 11.3 Å². The van der Waals surface area contributed by atoms with Crippen molar-refractivity contribution in [3.63, 3.8) is 0 Å². The predicted octanol–water partition coefficient (Wildman–Crippen LogP) is 4.08. The first kappa shape index (κ1) is 22.2. The van der Waals surface area contributed by atoms with Crippen LogP contribution in [0, 0.1) is 24.2 Å². The van der Waals surface area contributed by atoms with Gasteiger partial charge < -0.3 is 14.2 Å². The van der Waals surface area contributed by atoms with Crippen LogP contribution in [0.2, 0.25) is 0 Å². The molecular formula is C22H27N3O4S. The fourth-order valence-corrected chi connectivity index (χ4v) is 4.58. The summed E-state index contributed by atoms with van der Waals surface area (Å²) in [6, 6.07) is 9.39. The number of methoxy groups -OCH3 is 1. The predicted molar refractivity (Wildman–Crippen MR) is 115 cm³/mol. The Bertz CT molecular complexity index is 887. The highest BCUT2D eigenvalue weighted by molar-refractivity contribution is 7.16. The van der Waals surface area contributed by atoms with Gasteiger partial charge in [0.05, 0.1) is 35.5 Å². The smallest absolute Gasteiger partial charge is 0.415 e. The molecule has 8 heteroatoms. The minimum Gasteiger partial charge on any atom is -0.447 e. The maximum atomic E-state index is 12.9. The van der Waals surface area contributed by atoms with Crippen LogP contribution in [-0.2, 0) is 27.2 Å². The molecule has 1 aromatic heterocycles. The number of hydrogen-bond acceptors (Lipinski definition) is 7. The summed E-state index contributed by atoms with van der Waals surface area (Å²) in [5.74, 6) is 0.562. The van der Waals surface area contributed by atoms with Crippen LogP contribution < -0.4 is 4.90 Å². The van der Waals surface area contributed by atoms with Gasteiger partial charge in [0.15, 0.2) is 0 Å². The molecule has 0 unspecified atom stereocenters. The van der Waals surface area contributed by atoms with Crippen LogP contribution in [0.4, 0.5) is 9.80 Å². The highest BCUT2D eigenvalue weighted by Gasteiger charge is 2.24. The Morgan fingerprint density at radius 3 is 2.90 bits per heavy atom. The molecule has 0 atom stereocenters. The minimum atomic E-state index is -0.446. The van der Waals surface area contributed by atoms with E-state index in [0.29, 0.717) is 24.6 Å². The number of carbonyl (C=O) groups excluding carboxylic acids is 1. The number of hydrogen-bond donors (Lipinski definition) is 0. The number of anilines is 1. The molecule has 0 radical (unpaired) electrons. The number of thiazole rings is 1. The number of carbonyl (C=O) groups is 1. The molecule has 3 rings (SSSR count). The number of benzene rings is 1. The van der Waals surface area contributed by atoms with E-state index in [0.717, 1.165) is 53.7 Å². The number of nitriles is 1. The van der Waals surface area contributed by atoms with Crippen LogP contribution in [0.5, 0.6) is 0 Å². The monoisotopic (exact) mass is 429 g/mol. The zero-order valence-electron chi connectivity index (χ0n) is 17.4. The Balaban J connectivity index is 1.81. The molecule has 1 aliphatic rings. The maximum Gasteiger partial charge on any atom is 0.415 e. The van der Waals surface area contributed by atoms with Gasteiger partial charge in [-0.3, -0.25) is 4.90 Å². The molecule has 1 aliphatic heterocycles. The van der Waals surface area contributed by atoms with E-state index in [-0.39, 0.29) is 6.61 Å². The first-order chi connectivity index (χ1) is 14.6. The number of rotatable bonds is 8. The molecule has 1 amide bonds. The zero-order chi connectivity index (χ0) is 21.3. The van der Waals surface area contributed by atoms with Crippen LogP contribution in [0.3, 0.4) is 0 Å². The van der Waals surface area contributed by atoms with Crippen molar-refractivity contribution in [3.05, 3.63) is 46.1 Å². The van der Waals surface area contributed by atoms with Gasteiger partial charge in [-0.25, -0.2) is 9.78 Å². The molecule has 0 spiro atoms. The molecule has 0 saturated carbocycles. The van der Waals surface area contributed by atoms with Crippen molar-refractivity contribution in [1.29, 1.82) is 5.26 Å². The van der Waals surface area contributed by atoms with Crippen molar-refractivity contribution >= 4 is 22.4 Å². The summed E-state index contributed by atoms with van der Waals surface area (Å²) in [7, 11) is 1.56. The average Bonchev–Trinajstić information content (AvgIpc) is 3.12. The fourth-order valence-electron chi connectivity index (χ4n) is 3.41. The van der Waals surface area contributed by atoms with Crippen molar-refractivity contribution in [2.75, 3.05) is 38.4 Å². The molecule has 7 nitrogen and oxygen atoms in total. The third-order valence-corrected chi connectivity index (χ3v) is 6.20. The summed E-state index contributed by atoms with van der Waals surface area (Å²) >= 11 is 1.53. The van der Waals surface area contributed by atoms with E-state index in [2.05, 4.69) is 6.07 Å². The standard InChI is InChI=1S/C22H27N3O4S/c1-16-21(30-20(24-16)13-17-6-8-28-9-7-17)25(22(26)29-11-10-27-2)15-19-5-3-4-18(12-19)14-23/h3-5,12,17H,6-11,13,15H2,1-2H3. The largest absolute Gasteiger partial charge is 0.447 e. The Morgan fingerprint density at radius 2 is 2.17 bits per heavy atom. The van der Waals surface area contributed by atoms with Crippen LogP contribution in [-0.4, -0.2) is 44.6 Å². The van der Waals surface area contributed by atoms with Gasteiger partial charge in [0.25, 0.3) is 0 Å². The van der Waals surface area contributed by atoms with E-state index in [1.165, 1.54) is 11.3 Å². The third-order valence-electron chi connectivity index (χ3n) is 5.00. The topological polar surface area (TPSA) is 84.7 Å². The maximum absolute atomic E-state index is 12.9. The van der Waals surface area contributed by atoms with Crippen LogP contribution in [0.25, 0.3) is 0 Å². The molecular weight excluding hydrogens is 402 g/mol. The summed E-state index contributed by atoms with van der Waals surface area (Å²) in [5.41, 5.74) is 2.22. The Kier molecular flexibility index (Phi) is 8.20. The highest BCUT2D eigenvalue weighted by atomic mass is 32.1. The minimum absolute atomic E-state index is 0.177. The molecule has 0 aliphatic carbocycles. The molecule has 2 aromatic rings. The number of amides is 1. The lowest BCUT2D eigenvalue weighted by Gasteiger charge is -2.22. The lowest BCUT2D eigenvalue weighted by atomic mass is 9.97. The average molecular weight is 430 g/mol. The molecule has 1 saturated heterocycles. The summed E-state index contributed by atoms with van der Waals surface area (Å²) in [4.78, 5) is 19.2. The Labute approximate surface area is 181 Å². The molecule has 1 aromatic carbocycles. The highest BCUT2D eigenvalue weighted by Crippen LogP contribution is 2.33. The Hall–Kier alpha value is -2.47. The van der Waals surface area contributed by atoms with Crippen molar-refractivity contribution in [2.45, 2.75) is 32.7 Å². The third kappa shape index (κ3) is 6.02. The molecule has 30 heavy (non-hydrogen) atoms. The zero-order valence-corrected chi connectivity index (χ0v) is 18.2. The van der Waals surface area contributed by atoms with E-state index >= 15 is 0 Å². The Morgan fingerprint density at radius 1 is 1.37 bits per heavy atom.